The van der Waals surface area contributed by atoms with Crippen molar-refractivity contribution >= 4 is 48.4 Å². The second kappa shape index (κ2) is 12.7. The van der Waals surface area contributed by atoms with Crippen molar-refractivity contribution in [3.05, 3.63) is 75.4 Å². The standard InChI is InChI=1S/C30H35ClF3N5O4Si/c1-16(2)44(17(3)4,18(5)6)43-19(7)27-36-23-13-9-12-22(31)26(23)28(40)39(27)21-11-8-10-20(14-21)35-29(41)37-25-15-24(38-42-25)30(32,33)34/h8-19H,1-7H3,(H2,35,37,41)/t19-/m0/s1. The molecule has 14 heteroatoms. The fourth-order valence-electron chi connectivity index (χ4n) is 5.96. The highest BCUT2D eigenvalue weighted by Crippen LogP contribution is 2.45. The number of hydrogen-bond donors (Lipinski definition) is 2. The molecule has 9 nitrogen and oxygen atoms in total. The topological polar surface area (TPSA) is 111 Å². The van der Waals surface area contributed by atoms with Gasteiger partial charge in [0.2, 0.25) is 14.2 Å². The largest absolute Gasteiger partial charge is 0.436 e. The molecule has 44 heavy (non-hydrogen) atoms. The van der Waals surface area contributed by atoms with Crippen LogP contribution >= 0.6 is 11.6 Å². The number of urea groups is 1. The zero-order valence-electron chi connectivity index (χ0n) is 25.4. The van der Waals surface area contributed by atoms with E-state index in [-0.39, 0.29) is 32.7 Å². The number of benzene rings is 2. The Morgan fingerprint density at radius 2 is 1.61 bits per heavy atom. The van der Waals surface area contributed by atoms with Crippen LogP contribution in [0.5, 0.6) is 0 Å². The Labute approximate surface area is 258 Å². The van der Waals surface area contributed by atoms with Gasteiger partial charge < -0.3 is 14.3 Å². The van der Waals surface area contributed by atoms with E-state index in [4.69, 9.17) is 21.0 Å². The van der Waals surface area contributed by atoms with Crippen molar-refractivity contribution in [2.45, 2.75) is 77.4 Å². The van der Waals surface area contributed by atoms with Crippen LogP contribution in [0.3, 0.4) is 0 Å². The number of halogens is 4. The van der Waals surface area contributed by atoms with E-state index in [1.807, 2.05) is 6.92 Å². The molecule has 0 saturated heterocycles. The quantitative estimate of drug-likeness (QED) is 0.175. The van der Waals surface area contributed by atoms with Crippen LogP contribution in [-0.4, -0.2) is 29.1 Å². The number of carbonyl (C=O) groups is 1. The summed E-state index contributed by atoms with van der Waals surface area (Å²) in [6, 6.07) is 11.1. The van der Waals surface area contributed by atoms with Crippen molar-refractivity contribution < 1.29 is 26.9 Å². The molecule has 4 aromatic rings. The van der Waals surface area contributed by atoms with Gasteiger partial charge in [-0.2, -0.15) is 13.2 Å². The van der Waals surface area contributed by atoms with E-state index in [9.17, 15) is 22.8 Å². The summed E-state index contributed by atoms with van der Waals surface area (Å²) in [6.45, 7) is 14.9. The lowest BCUT2D eigenvalue weighted by atomic mass is 10.2. The van der Waals surface area contributed by atoms with Crippen LogP contribution in [0.4, 0.5) is 29.5 Å². The minimum Gasteiger partial charge on any atom is -0.406 e. The van der Waals surface area contributed by atoms with Crippen molar-refractivity contribution in [3.63, 3.8) is 0 Å². The van der Waals surface area contributed by atoms with E-state index in [2.05, 4.69) is 61.9 Å². The third-order valence-corrected chi connectivity index (χ3v) is 14.2. The molecule has 0 bridgehead atoms. The van der Waals surface area contributed by atoms with Crippen molar-refractivity contribution in [2.75, 3.05) is 10.6 Å². The molecule has 0 unspecified atom stereocenters. The molecule has 2 aromatic heterocycles. The summed E-state index contributed by atoms with van der Waals surface area (Å²) < 4.78 is 51.5. The number of hydrogen-bond acceptors (Lipinski definition) is 6. The lowest BCUT2D eigenvalue weighted by molar-refractivity contribution is -0.142. The molecule has 1 atom stereocenters. The number of nitrogens with zero attached hydrogens (tertiary/aromatic N) is 3. The molecule has 0 fully saturated rings. The van der Waals surface area contributed by atoms with Gasteiger partial charge in [0, 0.05) is 11.8 Å². The van der Waals surface area contributed by atoms with E-state index in [0.717, 1.165) is 0 Å². The van der Waals surface area contributed by atoms with Crippen LogP contribution in [0.2, 0.25) is 21.6 Å². The third-order valence-electron chi connectivity index (χ3n) is 7.72. The van der Waals surface area contributed by atoms with Gasteiger partial charge >= 0.3 is 12.2 Å². The number of rotatable bonds is 9. The Morgan fingerprint density at radius 1 is 0.977 bits per heavy atom. The van der Waals surface area contributed by atoms with E-state index in [0.29, 0.717) is 23.1 Å². The van der Waals surface area contributed by atoms with Gasteiger partial charge in [0.15, 0.2) is 5.69 Å². The number of nitrogens with one attached hydrogen (secondary N) is 2. The molecule has 0 spiro atoms. The van der Waals surface area contributed by atoms with Crippen molar-refractivity contribution in [1.82, 2.24) is 14.7 Å². The van der Waals surface area contributed by atoms with Crippen LogP contribution in [0.1, 0.15) is 66.1 Å². The first-order valence-electron chi connectivity index (χ1n) is 14.2. The number of fused-ring (bicyclic) bond motifs is 1. The first-order chi connectivity index (χ1) is 20.6. The van der Waals surface area contributed by atoms with Gasteiger partial charge in [-0.1, -0.05) is 70.4 Å². The molecule has 0 aliphatic rings. The van der Waals surface area contributed by atoms with E-state index in [1.165, 1.54) is 4.57 Å². The summed E-state index contributed by atoms with van der Waals surface area (Å²) in [6.07, 6.45) is -5.31. The average Bonchev–Trinajstić information content (AvgIpc) is 3.40. The highest BCUT2D eigenvalue weighted by molar-refractivity contribution is 6.77. The molecule has 4 rings (SSSR count). The summed E-state index contributed by atoms with van der Waals surface area (Å²) >= 11 is 6.46. The molecule has 2 N–H and O–H groups in total. The molecule has 2 amide bonds. The summed E-state index contributed by atoms with van der Waals surface area (Å²) in [7, 11) is -2.40. The normalized spacial score (nSPS) is 13.2. The zero-order valence-corrected chi connectivity index (χ0v) is 27.2. The lowest BCUT2D eigenvalue weighted by Crippen LogP contribution is -2.48. The molecule has 0 saturated carbocycles. The number of amides is 2. The monoisotopic (exact) mass is 649 g/mol. The number of aromatic nitrogens is 3. The zero-order chi connectivity index (χ0) is 32.6. The fraction of sp³-hybridized carbons (Fsp3) is 0.400. The van der Waals surface area contributed by atoms with Crippen LogP contribution in [0.25, 0.3) is 16.6 Å². The molecular formula is C30H35ClF3N5O4Si. The fourth-order valence-corrected chi connectivity index (χ4v) is 11.7. The van der Waals surface area contributed by atoms with Crippen LogP contribution < -0.4 is 16.2 Å². The predicted molar refractivity (Wildman–Crippen MR) is 167 cm³/mol. The average molecular weight is 650 g/mol. The van der Waals surface area contributed by atoms with Gasteiger partial charge in [0.05, 0.1) is 21.6 Å². The molecule has 236 valence electrons. The smallest absolute Gasteiger partial charge is 0.406 e. The minimum atomic E-state index is -4.72. The number of anilines is 2. The highest BCUT2D eigenvalue weighted by atomic mass is 35.5. The Balaban J connectivity index is 1.77. The van der Waals surface area contributed by atoms with Gasteiger partial charge in [0.1, 0.15) is 11.9 Å². The summed E-state index contributed by atoms with van der Waals surface area (Å²) in [5, 5.41) is 8.11. The summed E-state index contributed by atoms with van der Waals surface area (Å²) in [5.74, 6) is -0.122. The Bertz CT molecular complexity index is 1700. The number of alkyl halides is 3. The Hall–Kier alpha value is -3.68. The van der Waals surface area contributed by atoms with E-state index in [1.54, 1.807) is 42.5 Å². The molecule has 2 heterocycles. The summed E-state index contributed by atoms with van der Waals surface area (Å²) in [4.78, 5) is 31.5. The second-order valence-electron chi connectivity index (χ2n) is 11.5. The van der Waals surface area contributed by atoms with Crippen LogP contribution in [0, 0.1) is 0 Å². The van der Waals surface area contributed by atoms with Gasteiger partial charge in [0.25, 0.3) is 5.56 Å². The van der Waals surface area contributed by atoms with E-state index >= 15 is 0 Å². The molecule has 0 aliphatic carbocycles. The maximum absolute atomic E-state index is 14.1. The minimum absolute atomic E-state index is 0.229. The van der Waals surface area contributed by atoms with Crippen molar-refractivity contribution in [1.29, 1.82) is 0 Å². The highest BCUT2D eigenvalue weighted by Gasteiger charge is 2.46. The van der Waals surface area contributed by atoms with Gasteiger partial charge in [-0.3, -0.25) is 14.7 Å². The van der Waals surface area contributed by atoms with Crippen molar-refractivity contribution in [2.24, 2.45) is 0 Å². The van der Waals surface area contributed by atoms with E-state index < -0.39 is 43.8 Å². The summed E-state index contributed by atoms with van der Waals surface area (Å²) in [5.41, 5.74) is 0.191. The van der Waals surface area contributed by atoms with Crippen LogP contribution in [-0.2, 0) is 10.6 Å². The first kappa shape index (κ1) is 33.2. The second-order valence-corrected chi connectivity index (χ2v) is 17.3. The van der Waals surface area contributed by atoms with Gasteiger partial charge in [-0.25, -0.2) is 9.78 Å². The first-order valence-corrected chi connectivity index (χ1v) is 16.7. The van der Waals surface area contributed by atoms with Crippen LogP contribution in [0.15, 0.2) is 57.8 Å². The van der Waals surface area contributed by atoms with Gasteiger partial charge in [-0.15, -0.1) is 0 Å². The maximum atomic E-state index is 14.1. The maximum Gasteiger partial charge on any atom is 0.436 e. The lowest BCUT2D eigenvalue weighted by Gasteiger charge is -2.44. The van der Waals surface area contributed by atoms with Crippen molar-refractivity contribution in [3.8, 4) is 5.69 Å². The third kappa shape index (κ3) is 6.54. The molecule has 0 radical (unpaired) electrons. The Morgan fingerprint density at radius 3 is 2.20 bits per heavy atom. The molecular weight excluding hydrogens is 615 g/mol. The SMILES string of the molecule is CC(C)[Si](O[C@@H](C)c1nc2cccc(Cl)c2c(=O)n1-c1cccc(NC(=O)Nc2cc(C(F)(F)F)no2)c1)(C(C)C)C(C)C. The van der Waals surface area contributed by atoms with Gasteiger partial charge in [-0.05, 0) is 53.9 Å². The molecule has 0 aliphatic heterocycles. The number of carbonyl (C=O) groups excluding carboxylic acids is 1. The Kier molecular flexibility index (Phi) is 9.62. The predicted octanol–water partition coefficient (Wildman–Crippen LogP) is 8.94. The molecule has 2 aromatic carbocycles.